The molecule has 24 heavy (non-hydrogen) atoms. The summed E-state index contributed by atoms with van der Waals surface area (Å²) in [6.07, 6.45) is 0.790. The molecule has 3 rings (SSSR count). The summed E-state index contributed by atoms with van der Waals surface area (Å²) in [7, 11) is 0. The molecule has 1 atom stereocenters. The summed E-state index contributed by atoms with van der Waals surface area (Å²) in [6.45, 7) is 1.98. The van der Waals surface area contributed by atoms with Crippen LogP contribution in [-0.4, -0.2) is 19.1 Å². The normalized spacial score (nSPS) is 16.8. The molecule has 2 aromatic carbocycles. The lowest BCUT2D eigenvalue weighted by molar-refractivity contribution is -0.125. The molecule has 0 aliphatic carbocycles. The van der Waals surface area contributed by atoms with Crippen LogP contribution >= 0.6 is 0 Å². The molecule has 0 bridgehead atoms. The zero-order valence-corrected chi connectivity index (χ0v) is 13.3. The Hall–Kier alpha value is -2.40. The van der Waals surface area contributed by atoms with Gasteiger partial charge in [-0.3, -0.25) is 4.79 Å². The van der Waals surface area contributed by atoms with Gasteiger partial charge in [0.15, 0.2) is 0 Å². The van der Waals surface area contributed by atoms with E-state index in [1.54, 1.807) is 6.07 Å². The fraction of sp³-hybridized carbons (Fsp3) is 0.316. The van der Waals surface area contributed by atoms with Gasteiger partial charge in [0.25, 0.3) is 0 Å². The van der Waals surface area contributed by atoms with E-state index >= 15 is 0 Å². The highest BCUT2D eigenvalue weighted by Crippen LogP contribution is 2.16. The maximum absolute atomic E-state index is 13.1. The van der Waals surface area contributed by atoms with Crippen LogP contribution in [0.15, 0.2) is 48.5 Å². The van der Waals surface area contributed by atoms with Crippen molar-refractivity contribution >= 4 is 5.91 Å². The molecule has 5 heteroatoms. The third-order valence-corrected chi connectivity index (χ3v) is 3.99. The van der Waals surface area contributed by atoms with Crippen molar-refractivity contribution in [1.82, 2.24) is 5.32 Å². The smallest absolute Gasteiger partial charge is 0.225 e. The minimum Gasteiger partial charge on any atom is -0.489 e. The maximum Gasteiger partial charge on any atom is 0.225 e. The largest absolute Gasteiger partial charge is 0.489 e. The van der Waals surface area contributed by atoms with Crippen LogP contribution in [0.2, 0.25) is 0 Å². The number of rotatable bonds is 6. The zero-order valence-electron chi connectivity index (χ0n) is 13.3. The Labute approximate surface area is 140 Å². The second-order valence-corrected chi connectivity index (χ2v) is 5.84. The van der Waals surface area contributed by atoms with Crippen molar-refractivity contribution in [2.75, 3.05) is 13.2 Å². The van der Waals surface area contributed by atoms with Crippen LogP contribution in [0.1, 0.15) is 17.5 Å². The number of carbonyl (C=O) groups is 1. The van der Waals surface area contributed by atoms with E-state index < -0.39 is 0 Å². The van der Waals surface area contributed by atoms with Crippen LogP contribution < -0.4 is 10.1 Å². The first-order chi connectivity index (χ1) is 11.7. The van der Waals surface area contributed by atoms with E-state index in [9.17, 15) is 9.18 Å². The van der Waals surface area contributed by atoms with E-state index in [0.29, 0.717) is 32.1 Å². The molecule has 1 amide bonds. The van der Waals surface area contributed by atoms with Gasteiger partial charge in [0, 0.05) is 13.2 Å². The van der Waals surface area contributed by atoms with E-state index in [-0.39, 0.29) is 17.6 Å². The first-order valence-corrected chi connectivity index (χ1v) is 8.02. The molecule has 0 saturated carbocycles. The van der Waals surface area contributed by atoms with Crippen LogP contribution in [0.25, 0.3) is 0 Å². The van der Waals surface area contributed by atoms with Gasteiger partial charge in [-0.1, -0.05) is 24.3 Å². The molecule has 1 heterocycles. The van der Waals surface area contributed by atoms with Gasteiger partial charge >= 0.3 is 0 Å². The van der Waals surface area contributed by atoms with Gasteiger partial charge in [-0.25, -0.2) is 4.39 Å². The Balaban J connectivity index is 1.47. The molecule has 0 radical (unpaired) electrons. The summed E-state index contributed by atoms with van der Waals surface area (Å²) in [5.74, 6) is 0.450. The molecule has 1 saturated heterocycles. The molecule has 1 N–H and O–H groups in total. The van der Waals surface area contributed by atoms with Crippen molar-refractivity contribution in [2.24, 2.45) is 5.92 Å². The van der Waals surface area contributed by atoms with Crippen molar-refractivity contribution < 1.29 is 18.7 Å². The topological polar surface area (TPSA) is 47.6 Å². The Bertz CT molecular complexity index is 681. The highest BCUT2D eigenvalue weighted by Gasteiger charge is 2.22. The lowest BCUT2D eigenvalue weighted by Crippen LogP contribution is -2.30. The van der Waals surface area contributed by atoms with Crippen LogP contribution in [0.4, 0.5) is 4.39 Å². The minimum absolute atomic E-state index is 0.0288. The number of halogens is 1. The van der Waals surface area contributed by atoms with Crippen molar-refractivity contribution in [2.45, 2.75) is 19.6 Å². The summed E-state index contributed by atoms with van der Waals surface area (Å²) < 4.78 is 24.0. The molecule has 0 spiro atoms. The number of hydrogen-bond donors (Lipinski definition) is 1. The molecular weight excluding hydrogens is 309 g/mol. The molecule has 126 valence electrons. The quantitative estimate of drug-likeness (QED) is 0.886. The van der Waals surface area contributed by atoms with Crippen LogP contribution in [-0.2, 0) is 22.7 Å². The van der Waals surface area contributed by atoms with Gasteiger partial charge in [0.2, 0.25) is 5.91 Å². The summed E-state index contributed by atoms with van der Waals surface area (Å²) in [6, 6.07) is 13.9. The SMILES string of the molecule is O=C(NCc1ccc(OCc2cccc(F)c2)cc1)C1CCOC1. The fourth-order valence-electron chi connectivity index (χ4n) is 2.57. The molecule has 0 aromatic heterocycles. The predicted molar refractivity (Wildman–Crippen MR) is 87.9 cm³/mol. The zero-order chi connectivity index (χ0) is 16.8. The van der Waals surface area contributed by atoms with E-state index in [2.05, 4.69) is 5.32 Å². The molecule has 4 nitrogen and oxygen atoms in total. The lowest BCUT2D eigenvalue weighted by atomic mass is 10.1. The third kappa shape index (κ3) is 4.55. The molecule has 1 unspecified atom stereocenters. The van der Waals surface area contributed by atoms with Gasteiger partial charge in [0.1, 0.15) is 18.2 Å². The predicted octanol–water partition coefficient (Wildman–Crippen LogP) is 3.06. The fourth-order valence-corrected chi connectivity index (χ4v) is 2.57. The van der Waals surface area contributed by atoms with Crippen LogP contribution in [0.5, 0.6) is 5.75 Å². The first-order valence-electron chi connectivity index (χ1n) is 8.02. The second-order valence-electron chi connectivity index (χ2n) is 5.84. The maximum atomic E-state index is 13.1. The van der Waals surface area contributed by atoms with E-state index in [1.165, 1.54) is 12.1 Å². The number of ether oxygens (including phenoxy) is 2. The van der Waals surface area contributed by atoms with E-state index in [4.69, 9.17) is 9.47 Å². The molecule has 1 fully saturated rings. The van der Waals surface area contributed by atoms with Gasteiger partial charge < -0.3 is 14.8 Å². The summed E-state index contributed by atoms with van der Waals surface area (Å²) in [5.41, 5.74) is 1.78. The summed E-state index contributed by atoms with van der Waals surface area (Å²) >= 11 is 0. The Morgan fingerprint density at radius 2 is 2.04 bits per heavy atom. The van der Waals surface area contributed by atoms with Crippen molar-refractivity contribution in [3.8, 4) is 5.75 Å². The number of amides is 1. The monoisotopic (exact) mass is 329 g/mol. The summed E-state index contributed by atoms with van der Waals surface area (Å²) in [5, 5.41) is 2.92. The number of nitrogens with one attached hydrogen (secondary N) is 1. The van der Waals surface area contributed by atoms with Gasteiger partial charge in [-0.05, 0) is 41.8 Å². The Kier molecular flexibility index (Phi) is 5.43. The lowest BCUT2D eigenvalue weighted by Gasteiger charge is -2.10. The van der Waals surface area contributed by atoms with Crippen LogP contribution in [0.3, 0.4) is 0 Å². The third-order valence-electron chi connectivity index (χ3n) is 3.99. The van der Waals surface area contributed by atoms with Crippen molar-refractivity contribution in [3.05, 3.63) is 65.5 Å². The highest BCUT2D eigenvalue weighted by atomic mass is 19.1. The Morgan fingerprint density at radius 1 is 1.21 bits per heavy atom. The molecule has 1 aliphatic heterocycles. The highest BCUT2D eigenvalue weighted by molar-refractivity contribution is 5.78. The van der Waals surface area contributed by atoms with Crippen molar-refractivity contribution in [3.63, 3.8) is 0 Å². The van der Waals surface area contributed by atoms with Crippen molar-refractivity contribution in [1.29, 1.82) is 0 Å². The van der Waals surface area contributed by atoms with Crippen LogP contribution in [0, 0.1) is 11.7 Å². The number of benzene rings is 2. The first kappa shape index (κ1) is 16.5. The summed E-state index contributed by atoms with van der Waals surface area (Å²) in [4.78, 5) is 11.9. The van der Waals surface area contributed by atoms with E-state index in [0.717, 1.165) is 17.5 Å². The average molecular weight is 329 g/mol. The van der Waals surface area contributed by atoms with Gasteiger partial charge in [-0.15, -0.1) is 0 Å². The number of hydrogen-bond acceptors (Lipinski definition) is 3. The molecule has 2 aromatic rings. The average Bonchev–Trinajstić information content (AvgIpc) is 3.13. The molecule has 1 aliphatic rings. The van der Waals surface area contributed by atoms with E-state index in [1.807, 2.05) is 30.3 Å². The molecular formula is C19H20FNO3. The Morgan fingerprint density at radius 3 is 2.75 bits per heavy atom. The minimum atomic E-state index is -0.269. The standard InChI is InChI=1S/C19H20FNO3/c20-17-3-1-2-15(10-17)12-24-18-6-4-14(5-7-18)11-21-19(22)16-8-9-23-13-16/h1-7,10,16H,8-9,11-13H2,(H,21,22). The number of carbonyl (C=O) groups excluding carboxylic acids is 1. The van der Waals surface area contributed by atoms with Gasteiger partial charge in [0.05, 0.1) is 12.5 Å². The van der Waals surface area contributed by atoms with Gasteiger partial charge in [-0.2, -0.15) is 0 Å². The second kappa shape index (κ2) is 7.93.